The smallest absolute Gasteiger partial charge is 0.0619 e. The van der Waals surface area contributed by atoms with Crippen LogP contribution in [0, 0.1) is 0 Å². The molecule has 2 heterocycles. The Hall–Kier alpha value is -8.98. The van der Waals surface area contributed by atoms with Gasteiger partial charge in [0.05, 0.1) is 22.1 Å². The quantitative estimate of drug-likeness (QED) is 0.147. The average molecular weight is 863 g/mol. The van der Waals surface area contributed by atoms with E-state index in [0.29, 0.717) is 0 Å². The maximum atomic E-state index is 2.50. The Kier molecular flexibility index (Phi) is 8.62. The third kappa shape index (κ3) is 5.78. The molecule has 0 amide bonds. The van der Waals surface area contributed by atoms with Gasteiger partial charge in [0.1, 0.15) is 0 Å². The second kappa shape index (κ2) is 15.3. The fourth-order valence-corrected chi connectivity index (χ4v) is 11.4. The number of rotatable bonds is 6. The van der Waals surface area contributed by atoms with E-state index in [0.717, 1.165) is 11.4 Å². The molecule has 0 atom stereocenters. The van der Waals surface area contributed by atoms with Gasteiger partial charge in [-0.3, -0.25) is 0 Å². The molecule has 0 bridgehead atoms. The van der Waals surface area contributed by atoms with Crippen LogP contribution in [-0.2, 0) is 0 Å². The summed E-state index contributed by atoms with van der Waals surface area (Å²) in [4.78, 5) is 0. The molecule has 0 saturated heterocycles. The summed E-state index contributed by atoms with van der Waals surface area (Å²) in [5, 5.41) is 12.3. The zero-order valence-corrected chi connectivity index (χ0v) is 37.1. The fourth-order valence-electron chi connectivity index (χ4n) is 11.4. The first-order valence-electron chi connectivity index (χ1n) is 23.5. The first kappa shape index (κ1) is 38.3. The van der Waals surface area contributed by atoms with Crippen molar-refractivity contribution in [3.05, 3.63) is 255 Å². The molecule has 12 aromatic carbocycles. The SMILES string of the molecule is c1ccc(-c2cc3ccccc3cc2-c2c3cccc(-c4cccc5c6ccccc6n(-c6ccccc6)c45)c3cc3c(-c4cccc5c6ccccc6n(-c6ccccc6)c45)cccc23)cc1. The second-order valence-corrected chi connectivity index (χ2v) is 17.9. The molecule has 0 N–H and O–H groups in total. The lowest BCUT2D eigenvalue weighted by Gasteiger charge is -2.21. The Labute approximate surface area is 393 Å². The van der Waals surface area contributed by atoms with Crippen molar-refractivity contribution in [1.82, 2.24) is 9.13 Å². The summed E-state index contributed by atoms with van der Waals surface area (Å²) in [5.41, 5.74) is 16.7. The van der Waals surface area contributed by atoms with E-state index >= 15 is 0 Å². The number of nitrogens with zero attached hydrogens (tertiary/aromatic N) is 2. The van der Waals surface area contributed by atoms with Crippen LogP contribution in [-0.4, -0.2) is 9.13 Å². The lowest BCUT2D eigenvalue weighted by atomic mass is 9.83. The molecule has 2 heteroatoms. The highest BCUT2D eigenvalue weighted by Gasteiger charge is 2.24. The summed E-state index contributed by atoms with van der Waals surface area (Å²) in [5.74, 6) is 0. The van der Waals surface area contributed by atoms with Crippen molar-refractivity contribution in [2.45, 2.75) is 0 Å². The first-order valence-corrected chi connectivity index (χ1v) is 23.5. The van der Waals surface area contributed by atoms with Gasteiger partial charge in [0, 0.05) is 44.0 Å². The molecule has 0 saturated carbocycles. The van der Waals surface area contributed by atoms with Gasteiger partial charge in [0.25, 0.3) is 0 Å². The highest BCUT2D eigenvalue weighted by Crippen LogP contribution is 2.49. The molecule has 2 aromatic heterocycles. The number of fused-ring (bicyclic) bond motifs is 9. The topological polar surface area (TPSA) is 9.86 Å². The van der Waals surface area contributed by atoms with E-state index in [-0.39, 0.29) is 0 Å². The minimum absolute atomic E-state index is 1.14. The molecule has 316 valence electrons. The van der Waals surface area contributed by atoms with Gasteiger partial charge in [0.2, 0.25) is 0 Å². The van der Waals surface area contributed by atoms with Gasteiger partial charge in [-0.25, -0.2) is 0 Å². The van der Waals surface area contributed by atoms with Crippen molar-refractivity contribution in [1.29, 1.82) is 0 Å². The maximum absolute atomic E-state index is 2.50. The predicted molar refractivity (Wildman–Crippen MR) is 289 cm³/mol. The molecule has 68 heavy (non-hydrogen) atoms. The van der Waals surface area contributed by atoms with E-state index in [1.807, 2.05) is 0 Å². The molecule has 0 fully saturated rings. The van der Waals surface area contributed by atoms with Crippen LogP contribution in [0.15, 0.2) is 255 Å². The van der Waals surface area contributed by atoms with Gasteiger partial charge >= 0.3 is 0 Å². The molecule has 0 spiro atoms. The van der Waals surface area contributed by atoms with Crippen LogP contribution >= 0.6 is 0 Å². The van der Waals surface area contributed by atoms with Gasteiger partial charge in [-0.05, 0) is 120 Å². The zero-order valence-electron chi connectivity index (χ0n) is 37.1. The van der Waals surface area contributed by atoms with E-state index in [1.54, 1.807) is 0 Å². The Morgan fingerprint density at radius 2 is 0.603 bits per heavy atom. The Balaban J connectivity index is 1.16. The second-order valence-electron chi connectivity index (χ2n) is 17.9. The van der Waals surface area contributed by atoms with Crippen LogP contribution in [0.25, 0.3) is 132 Å². The van der Waals surface area contributed by atoms with Gasteiger partial charge in [-0.1, -0.05) is 200 Å². The Bertz CT molecular complexity index is 4080. The third-order valence-corrected chi connectivity index (χ3v) is 14.3. The van der Waals surface area contributed by atoms with Crippen LogP contribution in [0.5, 0.6) is 0 Å². The number of aromatic nitrogens is 2. The highest BCUT2D eigenvalue weighted by atomic mass is 15.0. The molecular formula is C66H42N2. The molecule has 2 nitrogen and oxygen atoms in total. The molecule has 14 rings (SSSR count). The van der Waals surface area contributed by atoms with Crippen molar-refractivity contribution in [2.75, 3.05) is 0 Å². The molecule has 14 aromatic rings. The van der Waals surface area contributed by atoms with E-state index in [9.17, 15) is 0 Å². The minimum atomic E-state index is 1.14. The lowest BCUT2D eigenvalue weighted by Crippen LogP contribution is -1.97. The number of hydrogen-bond donors (Lipinski definition) is 0. The van der Waals surface area contributed by atoms with Crippen LogP contribution < -0.4 is 0 Å². The summed E-state index contributed by atoms with van der Waals surface area (Å²) >= 11 is 0. The lowest BCUT2D eigenvalue weighted by molar-refractivity contribution is 1.18. The maximum Gasteiger partial charge on any atom is 0.0619 e. The van der Waals surface area contributed by atoms with E-state index < -0.39 is 0 Å². The van der Waals surface area contributed by atoms with Crippen LogP contribution in [0.1, 0.15) is 0 Å². The summed E-state index contributed by atoms with van der Waals surface area (Å²) in [6.07, 6.45) is 0. The van der Waals surface area contributed by atoms with Gasteiger partial charge in [-0.15, -0.1) is 0 Å². The van der Waals surface area contributed by atoms with Crippen molar-refractivity contribution in [3.63, 3.8) is 0 Å². The molecule has 0 aliphatic rings. The van der Waals surface area contributed by atoms with Crippen molar-refractivity contribution in [3.8, 4) is 55.9 Å². The van der Waals surface area contributed by atoms with Gasteiger partial charge in [-0.2, -0.15) is 0 Å². The van der Waals surface area contributed by atoms with Crippen LogP contribution in [0.2, 0.25) is 0 Å². The zero-order chi connectivity index (χ0) is 44.7. The van der Waals surface area contributed by atoms with Gasteiger partial charge in [0.15, 0.2) is 0 Å². The third-order valence-electron chi connectivity index (χ3n) is 14.3. The number of hydrogen-bond acceptors (Lipinski definition) is 0. The van der Waals surface area contributed by atoms with Crippen LogP contribution in [0.3, 0.4) is 0 Å². The normalized spacial score (nSPS) is 11.8. The average Bonchev–Trinajstić information content (AvgIpc) is 3.94. The summed E-state index contributed by atoms with van der Waals surface area (Å²) in [7, 11) is 0. The van der Waals surface area contributed by atoms with E-state index in [1.165, 1.54) is 120 Å². The molecular weight excluding hydrogens is 821 g/mol. The summed E-state index contributed by atoms with van der Waals surface area (Å²) < 4.78 is 4.93. The number of para-hydroxylation sites is 6. The molecule has 0 aliphatic carbocycles. The largest absolute Gasteiger partial charge is 0.309 e. The van der Waals surface area contributed by atoms with E-state index in [2.05, 4.69) is 264 Å². The molecule has 0 unspecified atom stereocenters. The number of benzene rings is 12. The monoisotopic (exact) mass is 862 g/mol. The molecule has 0 aliphatic heterocycles. The molecule has 0 radical (unpaired) electrons. The summed E-state index contributed by atoms with van der Waals surface area (Å²) in [6, 6.07) is 94.1. The van der Waals surface area contributed by atoms with Gasteiger partial charge < -0.3 is 9.13 Å². The van der Waals surface area contributed by atoms with E-state index in [4.69, 9.17) is 0 Å². The Morgan fingerprint density at radius 3 is 1.10 bits per heavy atom. The highest BCUT2D eigenvalue weighted by molar-refractivity contribution is 6.24. The van der Waals surface area contributed by atoms with Crippen molar-refractivity contribution in [2.24, 2.45) is 0 Å². The Morgan fingerprint density at radius 1 is 0.221 bits per heavy atom. The first-order chi connectivity index (χ1) is 33.8. The standard InChI is InChI=1S/C66H42N2/c1-4-20-43(21-5-1)58-40-44-22-10-11-23-45(44)41-61(58)64-52-32-16-30-48(54-34-18-36-56-50-28-12-14-38-62(50)67(65(54)56)46-24-6-2-7-25-46)59(52)42-60-49(31-17-33-53(60)64)55-35-19-37-57-51-29-13-15-39-63(51)68(66(55)57)47-26-8-3-9-27-47/h1-42H. The predicted octanol–water partition coefficient (Wildman–Crippen LogP) is 18.0. The van der Waals surface area contributed by atoms with Crippen molar-refractivity contribution < 1.29 is 0 Å². The fraction of sp³-hybridized carbons (Fsp3) is 0. The van der Waals surface area contributed by atoms with Crippen LogP contribution in [0.4, 0.5) is 0 Å². The van der Waals surface area contributed by atoms with Crippen molar-refractivity contribution >= 4 is 75.9 Å². The minimum Gasteiger partial charge on any atom is -0.309 e. The summed E-state index contributed by atoms with van der Waals surface area (Å²) in [6.45, 7) is 0.